The Labute approximate surface area is 120 Å². The van der Waals surface area contributed by atoms with Gasteiger partial charge < -0.3 is 10.1 Å². The first-order valence-corrected chi connectivity index (χ1v) is 7.45. The average Bonchev–Trinajstić information content (AvgIpc) is 2.99. The summed E-state index contributed by atoms with van der Waals surface area (Å²) in [6.07, 6.45) is 5.89. The van der Waals surface area contributed by atoms with Crippen molar-refractivity contribution in [1.29, 1.82) is 0 Å². The van der Waals surface area contributed by atoms with Gasteiger partial charge in [0, 0.05) is 31.3 Å². The van der Waals surface area contributed by atoms with Crippen molar-refractivity contribution in [3.8, 4) is 0 Å². The van der Waals surface area contributed by atoms with E-state index in [9.17, 15) is 4.79 Å². The topological polar surface area (TPSA) is 38.3 Å². The first-order chi connectivity index (χ1) is 9.81. The maximum atomic E-state index is 11.9. The van der Waals surface area contributed by atoms with Gasteiger partial charge in [-0.3, -0.25) is 4.79 Å². The van der Waals surface area contributed by atoms with E-state index >= 15 is 0 Å². The molecule has 0 amide bonds. The number of hydrogen-bond donors (Lipinski definition) is 1. The van der Waals surface area contributed by atoms with Gasteiger partial charge in [0.05, 0.1) is 6.10 Å². The molecule has 0 aromatic heterocycles. The largest absolute Gasteiger partial charge is 0.386 e. The van der Waals surface area contributed by atoms with E-state index in [1.54, 1.807) is 6.08 Å². The van der Waals surface area contributed by atoms with Crippen LogP contribution in [0.15, 0.2) is 42.1 Å². The van der Waals surface area contributed by atoms with E-state index in [2.05, 4.69) is 17.4 Å². The highest BCUT2D eigenvalue weighted by molar-refractivity contribution is 5.91. The normalized spacial score (nSPS) is 26.4. The van der Waals surface area contributed by atoms with Crippen molar-refractivity contribution >= 4 is 5.78 Å². The van der Waals surface area contributed by atoms with Crippen molar-refractivity contribution in [1.82, 2.24) is 5.32 Å². The van der Waals surface area contributed by atoms with Gasteiger partial charge in [0.1, 0.15) is 0 Å². The third-order valence-corrected chi connectivity index (χ3v) is 4.10. The van der Waals surface area contributed by atoms with Gasteiger partial charge in [-0.1, -0.05) is 30.3 Å². The lowest BCUT2D eigenvalue weighted by Crippen LogP contribution is -2.29. The minimum absolute atomic E-state index is 0.222. The van der Waals surface area contributed by atoms with Crippen LogP contribution < -0.4 is 5.32 Å². The lowest BCUT2D eigenvalue weighted by Gasteiger charge is -2.24. The van der Waals surface area contributed by atoms with E-state index in [0.717, 1.165) is 38.1 Å². The molecule has 0 spiro atoms. The molecule has 1 N–H and O–H groups in total. The molecule has 2 unspecified atom stereocenters. The Kier molecular flexibility index (Phi) is 4.16. The average molecular weight is 271 g/mol. The number of hydrogen-bond acceptors (Lipinski definition) is 3. The minimum atomic E-state index is 0.222. The number of ketones is 1. The number of carbonyl (C=O) groups is 1. The molecule has 0 bridgehead atoms. The molecule has 3 nitrogen and oxygen atoms in total. The highest BCUT2D eigenvalue weighted by Gasteiger charge is 2.23. The third kappa shape index (κ3) is 3.28. The van der Waals surface area contributed by atoms with E-state index in [1.165, 1.54) is 5.56 Å². The third-order valence-electron chi connectivity index (χ3n) is 4.10. The van der Waals surface area contributed by atoms with Gasteiger partial charge in [0.15, 0.2) is 5.78 Å². The van der Waals surface area contributed by atoms with Gasteiger partial charge in [-0.2, -0.15) is 0 Å². The molecule has 1 fully saturated rings. The summed E-state index contributed by atoms with van der Waals surface area (Å²) in [4.78, 5) is 11.9. The van der Waals surface area contributed by atoms with Crippen molar-refractivity contribution in [2.45, 2.75) is 37.7 Å². The van der Waals surface area contributed by atoms with E-state index in [1.807, 2.05) is 18.2 Å². The Hall–Kier alpha value is -1.61. The van der Waals surface area contributed by atoms with Gasteiger partial charge >= 0.3 is 0 Å². The van der Waals surface area contributed by atoms with Gasteiger partial charge in [-0.15, -0.1) is 0 Å². The van der Waals surface area contributed by atoms with E-state index in [0.29, 0.717) is 18.4 Å². The maximum absolute atomic E-state index is 11.9. The van der Waals surface area contributed by atoms with Crippen LogP contribution in [0.5, 0.6) is 0 Å². The molecule has 2 aliphatic rings. The maximum Gasteiger partial charge on any atom is 0.158 e. The Morgan fingerprint density at radius 1 is 1.20 bits per heavy atom. The number of rotatable bonds is 4. The monoisotopic (exact) mass is 271 g/mol. The number of allylic oxidation sites excluding steroid dienone is 2. The molecule has 3 rings (SSSR count). The lowest BCUT2D eigenvalue weighted by atomic mass is 9.85. The first-order valence-electron chi connectivity index (χ1n) is 7.45. The fraction of sp³-hybridized carbons (Fsp3) is 0.471. The molecular formula is C17H21NO2. The predicted molar refractivity (Wildman–Crippen MR) is 78.5 cm³/mol. The van der Waals surface area contributed by atoms with Crippen LogP contribution in [0.3, 0.4) is 0 Å². The van der Waals surface area contributed by atoms with Crippen LogP contribution in [0.2, 0.25) is 0 Å². The SMILES string of the molecule is O=C1C=C(NCC2CCCO2)CC(c2ccccc2)C1. The van der Waals surface area contributed by atoms with E-state index in [4.69, 9.17) is 4.74 Å². The van der Waals surface area contributed by atoms with Crippen LogP contribution in [-0.4, -0.2) is 25.0 Å². The second kappa shape index (κ2) is 6.23. The van der Waals surface area contributed by atoms with Crippen LogP contribution in [0.25, 0.3) is 0 Å². The van der Waals surface area contributed by atoms with Crippen molar-refractivity contribution in [2.24, 2.45) is 0 Å². The van der Waals surface area contributed by atoms with Crippen LogP contribution in [0.4, 0.5) is 0 Å². The summed E-state index contributed by atoms with van der Waals surface area (Å²) in [7, 11) is 0. The summed E-state index contributed by atoms with van der Waals surface area (Å²) in [6, 6.07) is 10.3. The zero-order valence-electron chi connectivity index (χ0n) is 11.7. The van der Waals surface area contributed by atoms with Crippen molar-refractivity contribution in [2.75, 3.05) is 13.2 Å². The summed E-state index contributed by atoms with van der Waals surface area (Å²) in [5, 5.41) is 3.41. The van der Waals surface area contributed by atoms with Crippen molar-refractivity contribution in [3.63, 3.8) is 0 Å². The van der Waals surface area contributed by atoms with Gasteiger partial charge in [-0.05, 0) is 30.7 Å². The molecule has 0 saturated carbocycles. The molecular weight excluding hydrogens is 250 g/mol. The summed E-state index contributed by atoms with van der Waals surface area (Å²) >= 11 is 0. The minimum Gasteiger partial charge on any atom is -0.386 e. The molecule has 1 aliphatic carbocycles. The van der Waals surface area contributed by atoms with Crippen LogP contribution in [0.1, 0.15) is 37.2 Å². The quantitative estimate of drug-likeness (QED) is 0.915. The smallest absolute Gasteiger partial charge is 0.158 e. The Morgan fingerprint density at radius 2 is 2.05 bits per heavy atom. The fourth-order valence-corrected chi connectivity index (χ4v) is 3.03. The molecule has 1 saturated heterocycles. The molecule has 1 aromatic carbocycles. The fourth-order valence-electron chi connectivity index (χ4n) is 3.03. The molecule has 0 radical (unpaired) electrons. The molecule has 2 atom stereocenters. The van der Waals surface area contributed by atoms with Crippen LogP contribution >= 0.6 is 0 Å². The summed E-state index contributed by atoms with van der Waals surface area (Å²) < 4.78 is 5.61. The molecule has 1 heterocycles. The Morgan fingerprint density at radius 3 is 2.80 bits per heavy atom. The van der Waals surface area contributed by atoms with Gasteiger partial charge in [0.25, 0.3) is 0 Å². The van der Waals surface area contributed by atoms with Gasteiger partial charge in [0.2, 0.25) is 0 Å². The number of benzene rings is 1. The van der Waals surface area contributed by atoms with E-state index < -0.39 is 0 Å². The van der Waals surface area contributed by atoms with Crippen LogP contribution in [-0.2, 0) is 9.53 Å². The zero-order valence-corrected chi connectivity index (χ0v) is 11.7. The molecule has 1 aliphatic heterocycles. The van der Waals surface area contributed by atoms with Crippen molar-refractivity contribution in [3.05, 3.63) is 47.7 Å². The summed E-state index contributed by atoms with van der Waals surface area (Å²) in [5.41, 5.74) is 2.32. The van der Waals surface area contributed by atoms with Gasteiger partial charge in [-0.25, -0.2) is 0 Å². The number of nitrogens with one attached hydrogen (secondary N) is 1. The Bertz CT molecular complexity index is 489. The lowest BCUT2D eigenvalue weighted by molar-refractivity contribution is -0.115. The van der Waals surface area contributed by atoms with Crippen LogP contribution in [0, 0.1) is 0 Å². The molecule has 106 valence electrons. The summed E-state index contributed by atoms with van der Waals surface area (Å²) in [6.45, 7) is 1.69. The molecule has 3 heteroatoms. The molecule has 1 aromatic rings. The highest BCUT2D eigenvalue weighted by Crippen LogP contribution is 2.30. The van der Waals surface area contributed by atoms with E-state index in [-0.39, 0.29) is 5.78 Å². The Balaban J connectivity index is 1.61. The standard InChI is InChI=1S/C17H21NO2/c19-16-10-14(13-5-2-1-3-6-13)9-15(11-16)18-12-17-7-4-8-20-17/h1-3,5-6,11,14,17-18H,4,7-10,12H2. The number of ether oxygens (including phenoxy) is 1. The second-order valence-electron chi connectivity index (χ2n) is 5.67. The predicted octanol–water partition coefficient (Wildman–Crippen LogP) is 2.79. The van der Waals surface area contributed by atoms with Crippen molar-refractivity contribution < 1.29 is 9.53 Å². The highest BCUT2D eigenvalue weighted by atomic mass is 16.5. The second-order valence-corrected chi connectivity index (χ2v) is 5.67. The first kappa shape index (κ1) is 13.4. The molecule has 20 heavy (non-hydrogen) atoms. The number of carbonyl (C=O) groups excluding carboxylic acids is 1. The zero-order chi connectivity index (χ0) is 13.8. The summed E-state index contributed by atoms with van der Waals surface area (Å²) in [5.74, 6) is 0.528.